The summed E-state index contributed by atoms with van der Waals surface area (Å²) in [6.07, 6.45) is 5.15. The number of nitrogens with zero attached hydrogens (tertiary/aromatic N) is 1. The van der Waals surface area contributed by atoms with Crippen molar-refractivity contribution in [3.8, 4) is 12.3 Å². The maximum absolute atomic E-state index is 12.4. The second-order valence-corrected chi connectivity index (χ2v) is 6.00. The van der Waals surface area contributed by atoms with Crippen molar-refractivity contribution in [2.75, 3.05) is 20.6 Å². The highest BCUT2D eigenvalue weighted by atomic mass is 32.2. The monoisotopic (exact) mass is 270 g/mol. The first kappa shape index (κ1) is 14.8. The van der Waals surface area contributed by atoms with Gasteiger partial charge in [0.1, 0.15) is 16.4 Å². The maximum atomic E-state index is 12.4. The molecular formula is C12H18N2O3S. The van der Waals surface area contributed by atoms with Gasteiger partial charge >= 0.3 is 0 Å². The van der Waals surface area contributed by atoms with E-state index in [-0.39, 0.29) is 11.4 Å². The summed E-state index contributed by atoms with van der Waals surface area (Å²) in [7, 11) is -0.395. The number of rotatable bonds is 5. The van der Waals surface area contributed by atoms with Crippen LogP contribution in [0, 0.1) is 26.2 Å². The van der Waals surface area contributed by atoms with E-state index in [4.69, 9.17) is 10.8 Å². The third-order valence-electron chi connectivity index (χ3n) is 2.66. The van der Waals surface area contributed by atoms with E-state index in [1.54, 1.807) is 20.9 Å². The second kappa shape index (κ2) is 5.57. The van der Waals surface area contributed by atoms with Crippen LogP contribution in [0.2, 0.25) is 0 Å². The van der Waals surface area contributed by atoms with E-state index < -0.39 is 10.0 Å². The summed E-state index contributed by atoms with van der Waals surface area (Å²) < 4.78 is 31.3. The Labute approximate surface area is 108 Å². The molecule has 0 aliphatic rings. The van der Waals surface area contributed by atoms with Crippen LogP contribution in [-0.2, 0) is 16.6 Å². The highest BCUT2D eigenvalue weighted by Gasteiger charge is 2.29. The summed E-state index contributed by atoms with van der Waals surface area (Å²) >= 11 is 0. The van der Waals surface area contributed by atoms with Gasteiger partial charge in [0.05, 0.1) is 6.54 Å². The SMILES string of the molecule is C#CCN(C)S(=O)(=O)c1c(C)oc(C)c1CNC. The van der Waals surface area contributed by atoms with Gasteiger partial charge in [-0.2, -0.15) is 4.31 Å². The standard InChI is InChI=1S/C12H18N2O3S/c1-6-7-14(5)18(15,16)12-10(3)17-9(2)11(12)8-13-4/h1,13H,7-8H2,2-5H3. The molecule has 100 valence electrons. The fraction of sp³-hybridized carbons (Fsp3) is 0.500. The number of furan rings is 1. The number of sulfonamides is 1. The molecule has 1 aromatic rings. The average molecular weight is 270 g/mol. The van der Waals surface area contributed by atoms with Crippen molar-refractivity contribution in [3.63, 3.8) is 0 Å². The van der Waals surface area contributed by atoms with Crippen molar-refractivity contribution in [1.82, 2.24) is 9.62 Å². The molecule has 0 fully saturated rings. The number of hydrogen-bond acceptors (Lipinski definition) is 4. The molecule has 0 unspecified atom stereocenters. The van der Waals surface area contributed by atoms with Crippen molar-refractivity contribution >= 4 is 10.0 Å². The molecule has 1 rings (SSSR count). The van der Waals surface area contributed by atoms with Crippen molar-refractivity contribution < 1.29 is 12.8 Å². The normalized spacial score (nSPS) is 11.8. The van der Waals surface area contributed by atoms with Gasteiger partial charge in [0.25, 0.3) is 0 Å². The fourth-order valence-electron chi connectivity index (χ4n) is 1.80. The molecule has 1 aromatic heterocycles. The van der Waals surface area contributed by atoms with Crippen LogP contribution in [-0.4, -0.2) is 33.4 Å². The van der Waals surface area contributed by atoms with E-state index in [0.29, 0.717) is 23.6 Å². The largest absolute Gasteiger partial charge is 0.465 e. The number of aryl methyl sites for hydroxylation is 2. The Morgan fingerprint density at radius 1 is 1.39 bits per heavy atom. The molecular weight excluding hydrogens is 252 g/mol. The van der Waals surface area contributed by atoms with Crippen LogP contribution in [0.3, 0.4) is 0 Å². The van der Waals surface area contributed by atoms with E-state index in [2.05, 4.69) is 11.2 Å². The fourth-order valence-corrected chi connectivity index (χ4v) is 3.29. The van der Waals surface area contributed by atoms with E-state index in [1.807, 2.05) is 0 Å². The van der Waals surface area contributed by atoms with Gasteiger partial charge < -0.3 is 9.73 Å². The minimum Gasteiger partial charge on any atom is -0.465 e. The summed E-state index contributed by atoms with van der Waals surface area (Å²) in [4.78, 5) is 0.215. The quantitative estimate of drug-likeness (QED) is 0.806. The van der Waals surface area contributed by atoms with E-state index in [0.717, 1.165) is 4.31 Å². The van der Waals surface area contributed by atoms with Gasteiger partial charge in [0, 0.05) is 19.2 Å². The lowest BCUT2D eigenvalue weighted by atomic mass is 10.2. The van der Waals surface area contributed by atoms with Crippen LogP contribution in [0.1, 0.15) is 17.1 Å². The smallest absolute Gasteiger partial charge is 0.247 e. The highest BCUT2D eigenvalue weighted by molar-refractivity contribution is 7.89. The molecule has 0 saturated heterocycles. The topological polar surface area (TPSA) is 62.6 Å². The lowest BCUT2D eigenvalue weighted by Crippen LogP contribution is -2.28. The summed E-state index contributed by atoms with van der Waals surface area (Å²) in [5.41, 5.74) is 0.652. The predicted octanol–water partition coefficient (Wildman–Crippen LogP) is 0.870. The Hall–Kier alpha value is -1.29. The molecule has 6 heteroatoms. The predicted molar refractivity (Wildman–Crippen MR) is 69.6 cm³/mol. The summed E-state index contributed by atoms with van der Waals surface area (Å²) in [6.45, 7) is 3.86. The maximum Gasteiger partial charge on any atom is 0.247 e. The Kier molecular flexibility index (Phi) is 4.57. The van der Waals surface area contributed by atoms with E-state index >= 15 is 0 Å². The summed E-state index contributed by atoms with van der Waals surface area (Å²) in [5.74, 6) is 3.32. The van der Waals surface area contributed by atoms with Gasteiger partial charge in [-0.1, -0.05) is 5.92 Å². The molecule has 0 aliphatic carbocycles. The first-order chi connectivity index (χ1) is 8.36. The third-order valence-corrected chi connectivity index (χ3v) is 4.66. The minimum atomic E-state index is -3.61. The van der Waals surface area contributed by atoms with Crippen molar-refractivity contribution in [2.24, 2.45) is 0 Å². The zero-order valence-corrected chi connectivity index (χ0v) is 11.9. The highest BCUT2D eigenvalue weighted by Crippen LogP contribution is 2.28. The molecule has 1 heterocycles. The van der Waals surface area contributed by atoms with Crippen molar-refractivity contribution in [2.45, 2.75) is 25.3 Å². The number of hydrogen-bond donors (Lipinski definition) is 1. The zero-order chi connectivity index (χ0) is 13.9. The molecule has 0 amide bonds. The van der Waals surface area contributed by atoms with Gasteiger partial charge in [-0.15, -0.1) is 6.42 Å². The first-order valence-electron chi connectivity index (χ1n) is 5.49. The van der Waals surface area contributed by atoms with Crippen LogP contribution in [0.5, 0.6) is 0 Å². The van der Waals surface area contributed by atoms with Crippen molar-refractivity contribution in [3.05, 3.63) is 17.1 Å². The van der Waals surface area contributed by atoms with Gasteiger partial charge in [0.15, 0.2) is 0 Å². The van der Waals surface area contributed by atoms with Gasteiger partial charge in [0.2, 0.25) is 10.0 Å². The molecule has 0 aromatic carbocycles. The first-order valence-corrected chi connectivity index (χ1v) is 6.93. The van der Waals surface area contributed by atoms with Crippen LogP contribution < -0.4 is 5.32 Å². The zero-order valence-electron chi connectivity index (χ0n) is 11.1. The molecule has 5 nitrogen and oxygen atoms in total. The van der Waals surface area contributed by atoms with Crippen LogP contribution in [0.4, 0.5) is 0 Å². The third kappa shape index (κ3) is 2.58. The van der Waals surface area contributed by atoms with Gasteiger partial charge in [-0.25, -0.2) is 8.42 Å². The molecule has 0 atom stereocenters. The lowest BCUT2D eigenvalue weighted by molar-refractivity contribution is 0.482. The van der Waals surface area contributed by atoms with Crippen molar-refractivity contribution in [1.29, 1.82) is 0 Å². The molecule has 0 bridgehead atoms. The number of nitrogens with one attached hydrogen (secondary N) is 1. The summed E-state index contributed by atoms with van der Waals surface area (Å²) in [5, 5.41) is 2.94. The Morgan fingerprint density at radius 3 is 2.50 bits per heavy atom. The molecule has 0 spiro atoms. The molecule has 1 N–H and O–H groups in total. The Morgan fingerprint density at radius 2 is 2.00 bits per heavy atom. The van der Waals surface area contributed by atoms with E-state index in [9.17, 15) is 8.42 Å². The average Bonchev–Trinajstić information content (AvgIpc) is 2.55. The van der Waals surface area contributed by atoms with E-state index in [1.165, 1.54) is 7.05 Å². The molecule has 0 radical (unpaired) electrons. The summed E-state index contributed by atoms with van der Waals surface area (Å²) in [6, 6.07) is 0. The number of terminal acetylenes is 1. The van der Waals surface area contributed by atoms with Gasteiger partial charge in [-0.05, 0) is 20.9 Å². The molecule has 0 aliphatic heterocycles. The Bertz CT molecular complexity index is 567. The minimum absolute atomic E-state index is 0.0327. The Balaban J connectivity index is 3.37. The van der Waals surface area contributed by atoms with Gasteiger partial charge in [-0.3, -0.25) is 0 Å². The van der Waals surface area contributed by atoms with Crippen LogP contribution >= 0.6 is 0 Å². The molecule has 18 heavy (non-hydrogen) atoms. The molecule has 0 saturated carbocycles. The second-order valence-electron chi connectivity index (χ2n) is 4.02. The lowest BCUT2D eigenvalue weighted by Gasteiger charge is -2.15. The van der Waals surface area contributed by atoms with Crippen LogP contribution in [0.15, 0.2) is 9.31 Å². The van der Waals surface area contributed by atoms with Crippen LogP contribution in [0.25, 0.3) is 0 Å².